The summed E-state index contributed by atoms with van der Waals surface area (Å²) in [4.78, 5) is 31.5. The lowest BCUT2D eigenvalue weighted by Gasteiger charge is -2.23. The van der Waals surface area contributed by atoms with Crippen molar-refractivity contribution in [1.82, 2.24) is 9.88 Å². The molecule has 7 heteroatoms. The fraction of sp³-hybridized carbons (Fsp3) is 0.421. The maximum absolute atomic E-state index is 13.1. The predicted octanol–water partition coefficient (Wildman–Crippen LogP) is 3.58. The van der Waals surface area contributed by atoms with Crippen molar-refractivity contribution in [2.75, 3.05) is 13.1 Å². The minimum Gasteiger partial charge on any atom is -0.481 e. The predicted molar refractivity (Wildman–Crippen MR) is 95.6 cm³/mol. The number of carbonyl (C=O) groups is 2. The van der Waals surface area contributed by atoms with Crippen LogP contribution in [0.15, 0.2) is 24.3 Å². The van der Waals surface area contributed by atoms with Gasteiger partial charge in [0.25, 0.3) is 5.91 Å². The summed E-state index contributed by atoms with van der Waals surface area (Å²) in [6.07, 6.45) is 2.41. The number of hydrogen-bond donors (Lipinski definition) is 1. The summed E-state index contributed by atoms with van der Waals surface area (Å²) in [5, 5.41) is 10.4. The van der Waals surface area contributed by atoms with Crippen molar-refractivity contribution in [1.29, 1.82) is 0 Å². The molecule has 1 aliphatic heterocycles. The van der Waals surface area contributed by atoms with Gasteiger partial charge >= 0.3 is 5.97 Å². The van der Waals surface area contributed by atoms with Gasteiger partial charge in [-0.1, -0.05) is 6.42 Å². The van der Waals surface area contributed by atoms with Crippen LogP contribution in [0.4, 0.5) is 4.39 Å². The number of fused-ring (bicyclic) bond motifs is 1. The van der Waals surface area contributed by atoms with Crippen LogP contribution < -0.4 is 0 Å². The lowest BCUT2D eigenvalue weighted by Crippen LogP contribution is -2.37. The van der Waals surface area contributed by atoms with Gasteiger partial charge in [-0.05, 0) is 49.9 Å². The zero-order chi connectivity index (χ0) is 18.5. The Morgan fingerprint density at radius 1 is 1.35 bits per heavy atom. The van der Waals surface area contributed by atoms with Crippen molar-refractivity contribution in [2.24, 2.45) is 11.3 Å². The molecule has 1 N–H and O–H groups in total. The quantitative estimate of drug-likeness (QED) is 0.891. The Labute approximate surface area is 154 Å². The first-order valence-electron chi connectivity index (χ1n) is 8.67. The molecule has 2 aliphatic rings. The van der Waals surface area contributed by atoms with E-state index in [-0.39, 0.29) is 24.2 Å². The number of carboxylic acid groups (broad SMARTS) is 1. The fourth-order valence-corrected chi connectivity index (χ4v) is 5.29. The number of benzene rings is 1. The normalized spacial score (nSPS) is 24.7. The van der Waals surface area contributed by atoms with Gasteiger partial charge in [-0.2, -0.15) is 0 Å². The molecule has 2 atom stereocenters. The van der Waals surface area contributed by atoms with Crippen LogP contribution in [0.3, 0.4) is 0 Å². The van der Waals surface area contributed by atoms with Crippen molar-refractivity contribution in [3.05, 3.63) is 40.7 Å². The van der Waals surface area contributed by atoms with E-state index >= 15 is 0 Å². The summed E-state index contributed by atoms with van der Waals surface area (Å²) < 4.78 is 13.1. The monoisotopic (exact) mass is 374 g/mol. The smallest absolute Gasteiger partial charge is 0.311 e. The molecule has 26 heavy (non-hydrogen) atoms. The molecule has 0 unspecified atom stereocenters. The molecule has 2 aromatic rings. The molecule has 136 valence electrons. The molecule has 0 spiro atoms. The number of nitrogens with zero attached hydrogens (tertiary/aromatic N) is 2. The highest BCUT2D eigenvalue weighted by atomic mass is 32.1. The third kappa shape index (κ3) is 2.61. The van der Waals surface area contributed by atoms with Crippen molar-refractivity contribution < 1.29 is 19.1 Å². The first-order chi connectivity index (χ1) is 12.4. The van der Waals surface area contributed by atoms with Crippen LogP contribution in [0.25, 0.3) is 10.6 Å². The topological polar surface area (TPSA) is 70.5 Å². The maximum Gasteiger partial charge on any atom is 0.311 e. The third-order valence-electron chi connectivity index (χ3n) is 5.67. The number of carboxylic acids is 1. The average molecular weight is 374 g/mol. The van der Waals surface area contributed by atoms with E-state index in [1.165, 1.54) is 23.5 Å². The molecule has 0 radical (unpaired) electrons. The number of aryl methyl sites for hydroxylation is 1. The maximum atomic E-state index is 13.1. The van der Waals surface area contributed by atoms with E-state index in [2.05, 4.69) is 4.98 Å². The molecule has 1 amide bonds. The molecule has 2 heterocycles. The van der Waals surface area contributed by atoms with E-state index in [1.807, 2.05) is 0 Å². The first kappa shape index (κ1) is 17.1. The highest BCUT2D eigenvalue weighted by Gasteiger charge is 2.56. The number of thiazole rings is 1. The van der Waals surface area contributed by atoms with Gasteiger partial charge < -0.3 is 10.0 Å². The standard InChI is InChI=1S/C19H19FN2O3S/c1-11-15(26-16(21-11)12-4-6-14(20)7-5-12)17(23)22-9-13-3-2-8-19(13,10-22)18(24)25/h4-7,13H,2-3,8-10H2,1H3,(H,24,25)/t13-,19+/m0/s1. The lowest BCUT2D eigenvalue weighted by atomic mass is 9.81. The Bertz CT molecular complexity index is 879. The lowest BCUT2D eigenvalue weighted by molar-refractivity contribution is -0.149. The molecule has 1 saturated carbocycles. The van der Waals surface area contributed by atoms with Crippen molar-refractivity contribution in [3.63, 3.8) is 0 Å². The second kappa shape index (κ2) is 6.16. The largest absolute Gasteiger partial charge is 0.481 e. The second-order valence-corrected chi connectivity index (χ2v) is 8.18. The number of carbonyl (C=O) groups excluding carboxylic acids is 1. The van der Waals surface area contributed by atoms with Crippen molar-refractivity contribution in [3.8, 4) is 10.6 Å². The molecular formula is C19H19FN2O3S. The Morgan fingerprint density at radius 2 is 2.08 bits per heavy atom. The van der Waals surface area contributed by atoms with E-state index < -0.39 is 11.4 Å². The minimum atomic E-state index is -0.789. The average Bonchev–Trinajstić information content (AvgIpc) is 3.27. The number of rotatable bonds is 3. The molecule has 5 nitrogen and oxygen atoms in total. The van der Waals surface area contributed by atoms with Crippen LogP contribution in [0, 0.1) is 24.1 Å². The Hall–Kier alpha value is -2.28. The number of likely N-dealkylation sites (tertiary alicyclic amines) is 1. The molecule has 4 rings (SSSR count). The zero-order valence-corrected chi connectivity index (χ0v) is 15.2. The van der Waals surface area contributed by atoms with Crippen LogP contribution in [0.1, 0.15) is 34.6 Å². The van der Waals surface area contributed by atoms with E-state index in [9.17, 15) is 19.1 Å². The molecule has 2 fully saturated rings. The fourth-order valence-electron chi connectivity index (χ4n) is 4.25. The number of aromatic nitrogens is 1. The van der Waals surface area contributed by atoms with Crippen LogP contribution in [-0.4, -0.2) is 40.0 Å². The van der Waals surface area contributed by atoms with E-state index in [0.717, 1.165) is 18.4 Å². The van der Waals surface area contributed by atoms with E-state index in [0.29, 0.717) is 28.5 Å². The van der Waals surface area contributed by atoms with Crippen LogP contribution >= 0.6 is 11.3 Å². The van der Waals surface area contributed by atoms with Crippen LogP contribution in [0.2, 0.25) is 0 Å². The van der Waals surface area contributed by atoms with Gasteiger partial charge in [-0.3, -0.25) is 9.59 Å². The van der Waals surface area contributed by atoms with E-state index in [4.69, 9.17) is 0 Å². The molecule has 1 aromatic heterocycles. The van der Waals surface area contributed by atoms with Crippen molar-refractivity contribution in [2.45, 2.75) is 26.2 Å². The molecule has 1 saturated heterocycles. The number of hydrogen-bond acceptors (Lipinski definition) is 4. The minimum absolute atomic E-state index is 0.0359. The summed E-state index contributed by atoms with van der Waals surface area (Å²) >= 11 is 1.28. The van der Waals surface area contributed by atoms with Crippen LogP contribution in [0.5, 0.6) is 0 Å². The summed E-state index contributed by atoms with van der Waals surface area (Å²) in [6.45, 7) is 2.55. The summed E-state index contributed by atoms with van der Waals surface area (Å²) in [7, 11) is 0. The number of amides is 1. The van der Waals surface area contributed by atoms with E-state index in [1.54, 1.807) is 24.0 Å². The second-order valence-electron chi connectivity index (χ2n) is 7.18. The highest BCUT2D eigenvalue weighted by molar-refractivity contribution is 7.17. The number of halogens is 1. The number of aliphatic carboxylic acids is 1. The highest BCUT2D eigenvalue weighted by Crippen LogP contribution is 2.49. The molecule has 1 aromatic carbocycles. The summed E-state index contributed by atoms with van der Waals surface area (Å²) in [5.74, 6) is -1.22. The van der Waals surface area contributed by atoms with Gasteiger partial charge in [0, 0.05) is 18.7 Å². The van der Waals surface area contributed by atoms with Gasteiger partial charge in [0.2, 0.25) is 0 Å². The first-order valence-corrected chi connectivity index (χ1v) is 9.48. The molecular weight excluding hydrogens is 355 g/mol. The van der Waals surface area contributed by atoms with Gasteiger partial charge in [0.15, 0.2) is 0 Å². The van der Waals surface area contributed by atoms with Gasteiger partial charge in [0.05, 0.1) is 11.1 Å². The van der Waals surface area contributed by atoms with Gasteiger partial charge in [-0.15, -0.1) is 11.3 Å². The SMILES string of the molecule is Cc1nc(-c2ccc(F)cc2)sc1C(=O)N1C[C@@H]2CCC[C@@]2(C(=O)O)C1. The molecule has 0 bridgehead atoms. The molecule has 1 aliphatic carbocycles. The van der Waals surface area contributed by atoms with Gasteiger partial charge in [-0.25, -0.2) is 9.37 Å². The third-order valence-corrected chi connectivity index (χ3v) is 6.86. The summed E-state index contributed by atoms with van der Waals surface area (Å²) in [5.41, 5.74) is 0.605. The zero-order valence-electron chi connectivity index (χ0n) is 14.4. The Balaban J connectivity index is 1.60. The summed E-state index contributed by atoms with van der Waals surface area (Å²) in [6, 6.07) is 6.01. The van der Waals surface area contributed by atoms with Crippen LogP contribution in [-0.2, 0) is 4.79 Å². The van der Waals surface area contributed by atoms with Gasteiger partial charge in [0.1, 0.15) is 15.7 Å². The Kier molecular flexibility index (Phi) is 4.06. The van der Waals surface area contributed by atoms with Crippen molar-refractivity contribution >= 4 is 23.2 Å². The Morgan fingerprint density at radius 3 is 2.73 bits per heavy atom.